The number of aliphatic carboxylic acids is 2. The van der Waals surface area contributed by atoms with E-state index in [0.29, 0.717) is 25.8 Å². The van der Waals surface area contributed by atoms with Crippen molar-refractivity contribution in [3.8, 4) is 0 Å². The number of nitrogens with one attached hydrogen (secondary N) is 3. The van der Waals surface area contributed by atoms with Gasteiger partial charge in [-0.1, -0.05) is 58.3 Å². The van der Waals surface area contributed by atoms with Gasteiger partial charge in [0.05, 0.1) is 6.61 Å². The minimum Gasteiger partial charge on any atom is -0.481 e. The zero-order valence-electron chi connectivity index (χ0n) is 22.7. The first-order chi connectivity index (χ1) is 18.2. The topological polar surface area (TPSA) is 208 Å². The van der Waals surface area contributed by atoms with Crippen LogP contribution in [0.15, 0.2) is 0 Å². The number of carbonyl (C=O) groups is 5. The number of hydrogen-bond acceptors (Lipinski definition) is 7. The van der Waals surface area contributed by atoms with Crippen LogP contribution in [0.5, 0.6) is 0 Å². The number of unbranched alkanes of at least 4 members (excludes halogenated alkanes) is 9. The van der Waals surface area contributed by atoms with Crippen LogP contribution in [0.1, 0.15) is 103 Å². The molecule has 8 N–H and O–H groups in total. The van der Waals surface area contributed by atoms with Crippen molar-refractivity contribution in [1.29, 1.82) is 0 Å². The Morgan fingerprint density at radius 1 is 0.658 bits per heavy atom. The molecule has 0 aliphatic rings. The molecule has 0 rings (SSSR count). The van der Waals surface area contributed by atoms with E-state index in [1.807, 2.05) is 0 Å². The monoisotopic (exact) mass is 544 g/mol. The minimum atomic E-state index is -1.50. The molecular weight excluding hydrogens is 496 g/mol. The van der Waals surface area contributed by atoms with Crippen molar-refractivity contribution >= 4 is 29.7 Å². The van der Waals surface area contributed by atoms with Crippen molar-refractivity contribution in [3.63, 3.8) is 0 Å². The van der Waals surface area contributed by atoms with Crippen molar-refractivity contribution in [2.75, 3.05) is 13.2 Å². The molecule has 12 heteroatoms. The SMILES string of the molecule is CCCCCCCCCCCC(=O)N[C@@H](CCCCN)C(=O)N[C@@H](CO)C(=O)N[C@@H](CCC(=O)O)C(=O)O. The Labute approximate surface area is 225 Å². The zero-order chi connectivity index (χ0) is 28.8. The quantitative estimate of drug-likeness (QED) is 0.0875. The van der Waals surface area contributed by atoms with E-state index in [1.165, 1.54) is 32.1 Å². The molecule has 0 aliphatic carbocycles. The summed E-state index contributed by atoms with van der Waals surface area (Å²) in [5, 5.41) is 34.8. The van der Waals surface area contributed by atoms with Crippen LogP contribution in [-0.2, 0) is 24.0 Å². The van der Waals surface area contributed by atoms with Crippen molar-refractivity contribution in [3.05, 3.63) is 0 Å². The minimum absolute atomic E-state index is 0.268. The maximum absolute atomic E-state index is 12.9. The summed E-state index contributed by atoms with van der Waals surface area (Å²) < 4.78 is 0. The van der Waals surface area contributed by atoms with Crippen LogP contribution < -0.4 is 21.7 Å². The van der Waals surface area contributed by atoms with Crippen molar-refractivity contribution in [2.24, 2.45) is 5.73 Å². The molecule has 0 saturated heterocycles. The van der Waals surface area contributed by atoms with Gasteiger partial charge in [0.15, 0.2) is 0 Å². The van der Waals surface area contributed by atoms with Crippen LogP contribution >= 0.6 is 0 Å². The molecule has 0 aliphatic heterocycles. The molecule has 0 bridgehead atoms. The Balaban J connectivity index is 4.82. The Morgan fingerprint density at radius 3 is 1.74 bits per heavy atom. The summed E-state index contributed by atoms with van der Waals surface area (Å²) in [6.45, 7) is 1.78. The summed E-state index contributed by atoms with van der Waals surface area (Å²) in [4.78, 5) is 59.9. The molecule has 220 valence electrons. The Hall–Kier alpha value is -2.73. The first kappa shape index (κ1) is 35.3. The second-order valence-electron chi connectivity index (χ2n) is 9.56. The summed E-state index contributed by atoms with van der Waals surface area (Å²) in [5.74, 6) is -4.61. The van der Waals surface area contributed by atoms with Crippen LogP contribution in [0.2, 0.25) is 0 Å². The summed E-state index contributed by atoms with van der Waals surface area (Å²) in [6, 6.07) is -3.92. The number of aliphatic hydroxyl groups is 1. The van der Waals surface area contributed by atoms with Crippen LogP contribution in [-0.4, -0.2) is 76.3 Å². The lowest BCUT2D eigenvalue weighted by molar-refractivity contribution is -0.143. The van der Waals surface area contributed by atoms with Gasteiger partial charge in [0.2, 0.25) is 17.7 Å². The lowest BCUT2D eigenvalue weighted by atomic mass is 10.1. The Bertz CT molecular complexity index is 719. The molecule has 0 radical (unpaired) electrons. The number of carboxylic acids is 2. The lowest BCUT2D eigenvalue weighted by Gasteiger charge is -2.23. The van der Waals surface area contributed by atoms with Gasteiger partial charge in [-0.3, -0.25) is 19.2 Å². The van der Waals surface area contributed by atoms with Gasteiger partial charge in [-0.2, -0.15) is 0 Å². The second kappa shape index (κ2) is 22.3. The van der Waals surface area contributed by atoms with Gasteiger partial charge in [0, 0.05) is 12.8 Å². The molecular formula is C26H48N4O8. The Kier molecular flexibility index (Phi) is 20.7. The van der Waals surface area contributed by atoms with E-state index < -0.39 is 54.9 Å². The summed E-state index contributed by atoms with van der Waals surface area (Å²) in [7, 11) is 0. The normalized spacial score (nSPS) is 13.2. The number of carbonyl (C=O) groups excluding carboxylic acids is 3. The standard InChI is InChI=1S/C26H48N4O8/c1-2-3-4-5-6-7-8-9-10-14-22(32)28-19(13-11-12-17-27)24(35)30-21(18-31)25(36)29-20(26(37)38)15-16-23(33)34/h19-21,31H,2-18,27H2,1H3,(H,28,32)(H,29,36)(H,30,35)(H,33,34)(H,37,38)/t19-,20-,21-/m0/s1. The number of nitrogens with two attached hydrogens (primary N) is 1. The maximum Gasteiger partial charge on any atom is 0.326 e. The van der Waals surface area contributed by atoms with Crippen LogP contribution in [0.25, 0.3) is 0 Å². The van der Waals surface area contributed by atoms with Gasteiger partial charge in [0.25, 0.3) is 0 Å². The molecule has 0 saturated carbocycles. The van der Waals surface area contributed by atoms with E-state index >= 15 is 0 Å². The fourth-order valence-electron chi connectivity index (χ4n) is 3.89. The smallest absolute Gasteiger partial charge is 0.326 e. The fraction of sp³-hybridized carbons (Fsp3) is 0.808. The molecule has 38 heavy (non-hydrogen) atoms. The molecule has 0 aromatic heterocycles. The highest BCUT2D eigenvalue weighted by atomic mass is 16.4. The van der Waals surface area contributed by atoms with Crippen LogP contribution in [0.4, 0.5) is 0 Å². The van der Waals surface area contributed by atoms with Gasteiger partial charge in [-0.05, 0) is 38.6 Å². The third-order valence-corrected chi connectivity index (χ3v) is 6.18. The molecule has 0 fully saturated rings. The van der Waals surface area contributed by atoms with E-state index in [0.717, 1.165) is 19.3 Å². The molecule has 0 spiro atoms. The number of amides is 3. The molecule has 0 aromatic rings. The van der Waals surface area contributed by atoms with Gasteiger partial charge in [-0.15, -0.1) is 0 Å². The number of aliphatic hydroxyl groups excluding tert-OH is 1. The van der Waals surface area contributed by atoms with E-state index in [4.69, 9.17) is 10.8 Å². The second-order valence-corrected chi connectivity index (χ2v) is 9.56. The van der Waals surface area contributed by atoms with Gasteiger partial charge < -0.3 is 37.0 Å². The maximum atomic E-state index is 12.9. The first-order valence-electron chi connectivity index (χ1n) is 13.8. The largest absolute Gasteiger partial charge is 0.481 e. The first-order valence-corrected chi connectivity index (χ1v) is 13.8. The average molecular weight is 545 g/mol. The molecule has 0 aromatic carbocycles. The summed E-state index contributed by atoms with van der Waals surface area (Å²) in [6.07, 6.45) is 10.9. The lowest BCUT2D eigenvalue weighted by Crippen LogP contribution is -2.57. The van der Waals surface area contributed by atoms with Gasteiger partial charge in [-0.25, -0.2) is 4.79 Å². The van der Waals surface area contributed by atoms with Crippen molar-refractivity contribution in [2.45, 2.75) is 121 Å². The molecule has 12 nitrogen and oxygen atoms in total. The van der Waals surface area contributed by atoms with E-state index in [9.17, 15) is 34.2 Å². The van der Waals surface area contributed by atoms with E-state index in [1.54, 1.807) is 0 Å². The summed E-state index contributed by atoms with van der Waals surface area (Å²) in [5.41, 5.74) is 5.53. The third kappa shape index (κ3) is 17.7. The molecule has 3 atom stereocenters. The molecule has 0 heterocycles. The predicted octanol–water partition coefficient (Wildman–Crippen LogP) is 1.43. The summed E-state index contributed by atoms with van der Waals surface area (Å²) >= 11 is 0. The fourth-order valence-corrected chi connectivity index (χ4v) is 3.89. The van der Waals surface area contributed by atoms with Crippen molar-refractivity contribution in [1.82, 2.24) is 16.0 Å². The highest BCUT2D eigenvalue weighted by molar-refractivity contribution is 5.93. The van der Waals surface area contributed by atoms with E-state index in [2.05, 4.69) is 22.9 Å². The Morgan fingerprint density at radius 2 is 1.21 bits per heavy atom. The average Bonchev–Trinajstić information content (AvgIpc) is 2.87. The predicted molar refractivity (Wildman–Crippen MR) is 142 cm³/mol. The highest BCUT2D eigenvalue weighted by Gasteiger charge is 2.29. The van der Waals surface area contributed by atoms with Crippen LogP contribution in [0, 0.1) is 0 Å². The zero-order valence-corrected chi connectivity index (χ0v) is 22.7. The van der Waals surface area contributed by atoms with Crippen molar-refractivity contribution < 1.29 is 39.3 Å². The highest BCUT2D eigenvalue weighted by Crippen LogP contribution is 2.11. The van der Waals surface area contributed by atoms with Gasteiger partial charge in [0.1, 0.15) is 18.1 Å². The van der Waals surface area contributed by atoms with Crippen LogP contribution in [0.3, 0.4) is 0 Å². The van der Waals surface area contributed by atoms with Gasteiger partial charge >= 0.3 is 11.9 Å². The molecule has 3 amide bonds. The third-order valence-electron chi connectivity index (χ3n) is 6.18. The number of rotatable bonds is 24. The van der Waals surface area contributed by atoms with E-state index in [-0.39, 0.29) is 25.2 Å². The number of carboxylic acid groups (broad SMARTS) is 2. The molecule has 0 unspecified atom stereocenters. The number of hydrogen-bond donors (Lipinski definition) is 7.